The highest BCUT2D eigenvalue weighted by Gasteiger charge is 2.12. The van der Waals surface area contributed by atoms with Gasteiger partial charge in [0.05, 0.1) is 15.1 Å². The van der Waals surface area contributed by atoms with Crippen molar-refractivity contribution >= 4 is 43.2 Å². The third-order valence-corrected chi connectivity index (χ3v) is 5.58. The van der Waals surface area contributed by atoms with E-state index in [4.69, 9.17) is 0 Å². The highest BCUT2D eigenvalue weighted by molar-refractivity contribution is 8.01. The largest absolute Gasteiger partial charge is 0.262 e. The monoisotopic (exact) mass is 326 g/mol. The molecule has 3 rings (SSSR count). The summed E-state index contributed by atoms with van der Waals surface area (Å²) in [7, 11) is -3.20. The first-order valence-electron chi connectivity index (χ1n) is 5.59. The van der Waals surface area contributed by atoms with Crippen LogP contribution in [0.25, 0.3) is 10.2 Å². The summed E-state index contributed by atoms with van der Waals surface area (Å²) in [4.78, 5) is 8.94. The Balaban J connectivity index is 1.98. The second-order valence-corrected chi connectivity index (χ2v) is 8.45. The fraction of sp³-hybridized carbons (Fsp3) is 0.182. The lowest BCUT2D eigenvalue weighted by Crippen LogP contribution is -1.95. The van der Waals surface area contributed by atoms with Crippen LogP contribution in [0.4, 0.5) is 0 Å². The predicted octanol–water partition coefficient (Wildman–Crippen LogP) is 2.28. The third kappa shape index (κ3) is 2.69. The van der Waals surface area contributed by atoms with Crippen molar-refractivity contribution < 1.29 is 8.42 Å². The zero-order chi connectivity index (χ0) is 14.3. The number of thiazole rings is 1. The number of aromatic nitrogens is 4. The molecule has 3 aromatic rings. The number of benzene rings is 1. The van der Waals surface area contributed by atoms with E-state index in [1.54, 1.807) is 18.2 Å². The summed E-state index contributed by atoms with van der Waals surface area (Å²) < 4.78 is 24.7. The van der Waals surface area contributed by atoms with Crippen LogP contribution in [-0.2, 0) is 9.84 Å². The molecule has 0 spiro atoms. The van der Waals surface area contributed by atoms with Gasteiger partial charge in [-0.05, 0) is 36.9 Å². The fourth-order valence-corrected chi connectivity index (χ4v) is 4.30. The number of hydrogen-bond donors (Lipinski definition) is 1. The summed E-state index contributed by atoms with van der Waals surface area (Å²) in [5.74, 6) is 0.743. The first kappa shape index (κ1) is 13.5. The summed E-state index contributed by atoms with van der Waals surface area (Å²) in [6.45, 7) is 1.83. The smallest absolute Gasteiger partial charge is 0.215 e. The van der Waals surface area contributed by atoms with Crippen LogP contribution in [-0.4, -0.2) is 34.8 Å². The number of nitrogens with one attached hydrogen (secondary N) is 1. The van der Waals surface area contributed by atoms with Gasteiger partial charge in [0.1, 0.15) is 5.82 Å². The van der Waals surface area contributed by atoms with Crippen LogP contribution in [0.2, 0.25) is 0 Å². The molecule has 0 radical (unpaired) electrons. The second-order valence-electron chi connectivity index (χ2n) is 4.19. The topological polar surface area (TPSA) is 88.6 Å². The van der Waals surface area contributed by atoms with E-state index < -0.39 is 9.84 Å². The average molecular weight is 326 g/mol. The number of rotatable bonds is 3. The molecule has 2 aromatic heterocycles. The van der Waals surface area contributed by atoms with Crippen LogP contribution >= 0.6 is 23.1 Å². The van der Waals surface area contributed by atoms with Crippen molar-refractivity contribution in [1.29, 1.82) is 0 Å². The zero-order valence-electron chi connectivity index (χ0n) is 10.6. The van der Waals surface area contributed by atoms with Gasteiger partial charge in [-0.3, -0.25) is 5.10 Å². The van der Waals surface area contributed by atoms with E-state index in [-0.39, 0.29) is 0 Å². The van der Waals surface area contributed by atoms with Crippen molar-refractivity contribution in [1.82, 2.24) is 20.2 Å². The third-order valence-electron chi connectivity index (χ3n) is 2.52. The highest BCUT2D eigenvalue weighted by atomic mass is 32.2. The Bertz CT molecular complexity index is 882. The van der Waals surface area contributed by atoms with Gasteiger partial charge in [0.2, 0.25) is 5.16 Å². The molecular weight excluding hydrogens is 316 g/mol. The number of hydrogen-bond acceptors (Lipinski definition) is 7. The van der Waals surface area contributed by atoms with Crippen molar-refractivity contribution in [2.75, 3.05) is 6.26 Å². The fourth-order valence-electron chi connectivity index (χ4n) is 1.60. The molecule has 9 heteroatoms. The Kier molecular flexibility index (Phi) is 3.27. The molecule has 0 aliphatic rings. The lowest BCUT2D eigenvalue weighted by atomic mass is 10.3. The van der Waals surface area contributed by atoms with Crippen LogP contribution in [0.1, 0.15) is 5.82 Å². The van der Waals surface area contributed by atoms with E-state index in [1.807, 2.05) is 6.92 Å². The number of nitrogens with zero attached hydrogens (tertiary/aromatic N) is 3. The van der Waals surface area contributed by atoms with E-state index in [0.717, 1.165) is 20.4 Å². The van der Waals surface area contributed by atoms with Gasteiger partial charge in [-0.1, -0.05) is 0 Å². The molecule has 0 saturated carbocycles. The van der Waals surface area contributed by atoms with Crippen LogP contribution in [0, 0.1) is 6.92 Å². The molecule has 0 aliphatic heterocycles. The van der Waals surface area contributed by atoms with Crippen LogP contribution in [0.3, 0.4) is 0 Å². The number of sulfone groups is 1. The first-order valence-corrected chi connectivity index (χ1v) is 9.12. The van der Waals surface area contributed by atoms with E-state index >= 15 is 0 Å². The van der Waals surface area contributed by atoms with E-state index in [0.29, 0.717) is 10.1 Å². The molecule has 0 atom stereocenters. The minimum atomic E-state index is -3.20. The van der Waals surface area contributed by atoms with Gasteiger partial charge in [0.15, 0.2) is 14.2 Å². The molecule has 104 valence electrons. The Morgan fingerprint density at radius 1 is 1.30 bits per heavy atom. The molecule has 0 amide bonds. The molecule has 1 N–H and O–H groups in total. The molecule has 1 aromatic carbocycles. The minimum absolute atomic E-state index is 0.305. The number of aryl methyl sites for hydroxylation is 1. The van der Waals surface area contributed by atoms with Gasteiger partial charge in [0.25, 0.3) is 0 Å². The number of H-pyrrole nitrogens is 1. The number of aromatic amines is 1. The molecule has 20 heavy (non-hydrogen) atoms. The molecule has 6 nitrogen and oxygen atoms in total. The van der Waals surface area contributed by atoms with Crippen LogP contribution < -0.4 is 0 Å². The molecule has 0 unspecified atom stereocenters. The minimum Gasteiger partial charge on any atom is -0.262 e. The molecule has 0 bridgehead atoms. The van der Waals surface area contributed by atoms with E-state index in [1.165, 1.54) is 29.4 Å². The zero-order valence-corrected chi connectivity index (χ0v) is 13.1. The van der Waals surface area contributed by atoms with Gasteiger partial charge < -0.3 is 0 Å². The SMILES string of the molecule is Cc1nc(Sc2nc3ccc(S(C)(=O)=O)cc3s2)n[nH]1. The molecule has 2 heterocycles. The maximum atomic E-state index is 11.5. The summed E-state index contributed by atoms with van der Waals surface area (Å²) >= 11 is 2.78. The van der Waals surface area contributed by atoms with Gasteiger partial charge in [-0.2, -0.15) is 0 Å². The van der Waals surface area contributed by atoms with Crippen molar-refractivity contribution in [2.45, 2.75) is 21.3 Å². The van der Waals surface area contributed by atoms with Crippen LogP contribution in [0.15, 0.2) is 32.6 Å². The lowest BCUT2D eigenvalue weighted by molar-refractivity contribution is 0.602. The molecular formula is C11H10N4O2S3. The van der Waals surface area contributed by atoms with Crippen molar-refractivity contribution in [3.05, 3.63) is 24.0 Å². The molecule has 0 aliphatic carbocycles. The molecule has 0 fully saturated rings. The predicted molar refractivity (Wildman–Crippen MR) is 78.0 cm³/mol. The Hall–Kier alpha value is -1.45. The van der Waals surface area contributed by atoms with Crippen molar-refractivity contribution in [3.8, 4) is 0 Å². The average Bonchev–Trinajstić information content (AvgIpc) is 2.93. The lowest BCUT2D eigenvalue weighted by Gasteiger charge is -1.96. The Labute approximate surface area is 123 Å². The maximum absolute atomic E-state index is 11.5. The summed E-state index contributed by atoms with van der Waals surface area (Å²) in [6, 6.07) is 4.94. The molecule has 0 saturated heterocycles. The second kappa shape index (κ2) is 4.83. The summed E-state index contributed by atoms with van der Waals surface area (Å²) in [5.41, 5.74) is 0.775. The van der Waals surface area contributed by atoms with E-state index in [2.05, 4.69) is 20.2 Å². The van der Waals surface area contributed by atoms with Gasteiger partial charge in [-0.15, -0.1) is 16.4 Å². The van der Waals surface area contributed by atoms with Crippen LogP contribution in [0.5, 0.6) is 0 Å². The standard InChI is InChI=1S/C11H10N4O2S3/c1-6-12-10(15-14-6)19-11-13-8-4-3-7(20(2,16)17)5-9(8)18-11/h3-5H,1-2H3,(H,12,14,15). The Morgan fingerprint density at radius 2 is 2.10 bits per heavy atom. The summed E-state index contributed by atoms with van der Waals surface area (Å²) in [5, 5.41) is 7.40. The normalized spacial score (nSPS) is 12.1. The maximum Gasteiger partial charge on any atom is 0.215 e. The van der Waals surface area contributed by atoms with Gasteiger partial charge in [0, 0.05) is 6.26 Å². The van der Waals surface area contributed by atoms with Gasteiger partial charge >= 0.3 is 0 Å². The van der Waals surface area contributed by atoms with Crippen molar-refractivity contribution in [3.63, 3.8) is 0 Å². The van der Waals surface area contributed by atoms with E-state index in [9.17, 15) is 8.42 Å². The quantitative estimate of drug-likeness (QED) is 0.794. The Morgan fingerprint density at radius 3 is 2.75 bits per heavy atom. The van der Waals surface area contributed by atoms with Gasteiger partial charge in [-0.25, -0.2) is 18.4 Å². The first-order chi connectivity index (χ1) is 9.41. The van der Waals surface area contributed by atoms with Crippen molar-refractivity contribution in [2.24, 2.45) is 0 Å². The number of fused-ring (bicyclic) bond motifs is 1. The summed E-state index contributed by atoms with van der Waals surface area (Å²) in [6.07, 6.45) is 1.20. The highest BCUT2D eigenvalue weighted by Crippen LogP contribution is 2.33.